The van der Waals surface area contributed by atoms with Gasteiger partial charge in [0.2, 0.25) is 0 Å². The first-order chi connectivity index (χ1) is 12.9. The summed E-state index contributed by atoms with van der Waals surface area (Å²) in [4.78, 5) is 32.1. The third-order valence-corrected chi connectivity index (χ3v) is 3.72. The zero-order chi connectivity index (χ0) is 21.1. The molecule has 0 N–H and O–H groups in total. The Hall–Kier alpha value is -2.68. The number of aldehydes is 1. The minimum Gasteiger partial charge on any atom is -0.443 e. The predicted molar refractivity (Wildman–Crippen MR) is 96.3 cm³/mol. The number of anilines is 1. The molecule has 0 aliphatic rings. The number of halogens is 4. The maximum absolute atomic E-state index is 13.3. The van der Waals surface area contributed by atoms with Gasteiger partial charge in [0.05, 0.1) is 17.7 Å². The van der Waals surface area contributed by atoms with E-state index >= 15 is 0 Å². The number of amides is 1. The Bertz CT molecular complexity index is 882. The Labute approximate surface area is 164 Å². The Morgan fingerprint density at radius 3 is 2.46 bits per heavy atom. The van der Waals surface area contributed by atoms with E-state index in [1.807, 2.05) is 0 Å². The molecule has 2 aromatic rings. The van der Waals surface area contributed by atoms with Gasteiger partial charge >= 0.3 is 12.3 Å². The molecular weight excluding hydrogens is 399 g/mol. The number of aromatic nitrogens is 2. The fourth-order valence-electron chi connectivity index (χ4n) is 2.23. The monoisotopic (exact) mass is 415 g/mol. The molecule has 0 aliphatic heterocycles. The number of carbonyl (C=O) groups excluding carboxylic acids is 2. The Kier molecular flexibility index (Phi) is 6.28. The first-order valence-corrected chi connectivity index (χ1v) is 8.42. The molecule has 0 spiro atoms. The van der Waals surface area contributed by atoms with E-state index in [0.29, 0.717) is 6.29 Å². The topological polar surface area (TPSA) is 72.4 Å². The molecule has 6 nitrogen and oxygen atoms in total. The molecule has 0 fully saturated rings. The second-order valence-corrected chi connectivity index (χ2v) is 7.12. The van der Waals surface area contributed by atoms with Gasteiger partial charge in [-0.2, -0.15) is 13.2 Å². The molecule has 150 valence electrons. The van der Waals surface area contributed by atoms with Gasteiger partial charge in [-0.25, -0.2) is 9.78 Å². The van der Waals surface area contributed by atoms with Crippen LogP contribution in [0.5, 0.6) is 0 Å². The van der Waals surface area contributed by atoms with Crippen molar-refractivity contribution in [3.05, 3.63) is 52.4 Å². The highest BCUT2D eigenvalue weighted by molar-refractivity contribution is 6.31. The van der Waals surface area contributed by atoms with Gasteiger partial charge in [-0.05, 0) is 39.0 Å². The van der Waals surface area contributed by atoms with Crippen LogP contribution in [0.2, 0.25) is 5.15 Å². The minimum atomic E-state index is -4.63. The van der Waals surface area contributed by atoms with Crippen molar-refractivity contribution >= 4 is 29.8 Å². The highest BCUT2D eigenvalue weighted by atomic mass is 35.5. The first-order valence-electron chi connectivity index (χ1n) is 8.04. The van der Waals surface area contributed by atoms with Crippen molar-refractivity contribution in [2.75, 3.05) is 4.90 Å². The average Bonchev–Trinajstić information content (AvgIpc) is 2.57. The number of carbonyl (C=O) groups is 2. The van der Waals surface area contributed by atoms with Crippen LogP contribution < -0.4 is 4.90 Å². The third-order valence-electron chi connectivity index (χ3n) is 3.42. The van der Waals surface area contributed by atoms with Gasteiger partial charge in [0.1, 0.15) is 16.6 Å². The molecule has 10 heteroatoms. The lowest BCUT2D eigenvalue weighted by Gasteiger charge is -2.27. The van der Waals surface area contributed by atoms with Crippen LogP contribution in [0, 0.1) is 0 Å². The standard InChI is InChI=1S/C18H17ClF3N3O3/c1-17(2,3)28-16(27)25(14-5-4-11(10-26)15(19)24-14)9-12-8-23-7-6-13(12)18(20,21)22/h4-8,10H,9H2,1-3H3. The highest BCUT2D eigenvalue weighted by Crippen LogP contribution is 2.33. The van der Waals surface area contributed by atoms with E-state index < -0.39 is 30.0 Å². The highest BCUT2D eigenvalue weighted by Gasteiger charge is 2.35. The molecule has 28 heavy (non-hydrogen) atoms. The van der Waals surface area contributed by atoms with E-state index in [4.69, 9.17) is 16.3 Å². The number of ether oxygens (including phenoxy) is 1. The van der Waals surface area contributed by atoms with Crippen molar-refractivity contribution in [3.8, 4) is 0 Å². The second-order valence-electron chi connectivity index (χ2n) is 6.76. The number of pyridine rings is 2. The zero-order valence-corrected chi connectivity index (χ0v) is 16.0. The van der Waals surface area contributed by atoms with Crippen LogP contribution in [0.3, 0.4) is 0 Å². The van der Waals surface area contributed by atoms with Gasteiger partial charge in [-0.3, -0.25) is 14.7 Å². The summed E-state index contributed by atoms with van der Waals surface area (Å²) in [6, 6.07) is 3.42. The van der Waals surface area contributed by atoms with Crippen molar-refractivity contribution in [2.45, 2.75) is 39.1 Å². The summed E-state index contributed by atoms with van der Waals surface area (Å²) in [7, 11) is 0. The summed E-state index contributed by atoms with van der Waals surface area (Å²) in [5.41, 5.74) is -2.01. The van der Waals surface area contributed by atoms with Crippen molar-refractivity contribution < 1.29 is 27.5 Å². The molecular formula is C18H17ClF3N3O3. The van der Waals surface area contributed by atoms with Gasteiger partial charge in [0, 0.05) is 18.0 Å². The summed E-state index contributed by atoms with van der Waals surface area (Å²) < 4.78 is 45.2. The summed E-state index contributed by atoms with van der Waals surface area (Å²) >= 11 is 5.90. The Balaban J connectivity index is 2.50. The van der Waals surface area contributed by atoms with E-state index in [-0.39, 0.29) is 22.1 Å². The number of hydrogen-bond donors (Lipinski definition) is 0. The first kappa shape index (κ1) is 21.6. The van der Waals surface area contributed by atoms with E-state index in [1.54, 1.807) is 20.8 Å². The fourth-order valence-corrected chi connectivity index (χ4v) is 2.42. The van der Waals surface area contributed by atoms with E-state index in [1.165, 1.54) is 12.1 Å². The number of hydrogen-bond acceptors (Lipinski definition) is 5. The normalized spacial score (nSPS) is 11.8. The molecule has 0 bridgehead atoms. The number of nitrogens with zero attached hydrogens (tertiary/aromatic N) is 3. The quantitative estimate of drug-likeness (QED) is 0.524. The molecule has 2 aromatic heterocycles. The molecule has 2 heterocycles. The fraction of sp³-hybridized carbons (Fsp3) is 0.333. The van der Waals surface area contributed by atoms with E-state index in [9.17, 15) is 22.8 Å². The summed E-state index contributed by atoms with van der Waals surface area (Å²) in [6.45, 7) is 4.33. The Morgan fingerprint density at radius 1 is 1.25 bits per heavy atom. The molecule has 0 saturated heterocycles. The van der Waals surface area contributed by atoms with Gasteiger partial charge < -0.3 is 4.74 Å². The average molecular weight is 416 g/mol. The van der Waals surface area contributed by atoms with Crippen LogP contribution in [-0.2, 0) is 17.5 Å². The third kappa shape index (κ3) is 5.41. The van der Waals surface area contributed by atoms with Crippen LogP contribution in [-0.4, -0.2) is 27.9 Å². The molecule has 2 rings (SSSR count). The van der Waals surface area contributed by atoms with E-state index in [0.717, 1.165) is 23.4 Å². The minimum absolute atomic E-state index is 0.0678. The van der Waals surface area contributed by atoms with Gasteiger partial charge in [0.25, 0.3) is 0 Å². The molecule has 0 saturated carbocycles. The van der Waals surface area contributed by atoms with Gasteiger partial charge in [0.15, 0.2) is 6.29 Å². The number of alkyl halides is 3. The lowest BCUT2D eigenvalue weighted by molar-refractivity contribution is -0.138. The lowest BCUT2D eigenvalue weighted by Crippen LogP contribution is -2.37. The molecule has 0 atom stereocenters. The zero-order valence-electron chi connectivity index (χ0n) is 15.2. The lowest BCUT2D eigenvalue weighted by atomic mass is 10.1. The van der Waals surface area contributed by atoms with Gasteiger partial charge in [-0.1, -0.05) is 11.6 Å². The second kappa shape index (κ2) is 8.14. The molecule has 0 aliphatic carbocycles. The molecule has 0 aromatic carbocycles. The largest absolute Gasteiger partial charge is 0.443 e. The van der Waals surface area contributed by atoms with E-state index in [2.05, 4.69) is 9.97 Å². The summed E-state index contributed by atoms with van der Waals surface area (Å²) in [6.07, 6.45) is -3.06. The molecule has 0 unspecified atom stereocenters. The molecule has 1 amide bonds. The predicted octanol–water partition coefficient (Wildman–Crippen LogP) is 4.90. The molecule has 0 radical (unpaired) electrons. The SMILES string of the molecule is CC(C)(C)OC(=O)N(Cc1cnccc1C(F)(F)F)c1ccc(C=O)c(Cl)n1. The summed E-state index contributed by atoms with van der Waals surface area (Å²) in [5.74, 6) is -0.0678. The maximum atomic E-state index is 13.3. The van der Waals surface area contributed by atoms with Crippen LogP contribution >= 0.6 is 11.6 Å². The maximum Gasteiger partial charge on any atom is 0.416 e. The number of rotatable bonds is 4. The van der Waals surface area contributed by atoms with Crippen LogP contribution in [0.25, 0.3) is 0 Å². The van der Waals surface area contributed by atoms with Crippen molar-refractivity contribution in [2.24, 2.45) is 0 Å². The Morgan fingerprint density at radius 2 is 1.93 bits per heavy atom. The summed E-state index contributed by atoms with van der Waals surface area (Å²) in [5, 5.41) is -0.191. The van der Waals surface area contributed by atoms with Crippen molar-refractivity contribution in [1.29, 1.82) is 0 Å². The van der Waals surface area contributed by atoms with Crippen molar-refractivity contribution in [1.82, 2.24) is 9.97 Å². The smallest absolute Gasteiger partial charge is 0.416 e. The van der Waals surface area contributed by atoms with Crippen LogP contribution in [0.1, 0.15) is 42.3 Å². The van der Waals surface area contributed by atoms with Crippen molar-refractivity contribution in [3.63, 3.8) is 0 Å². The van der Waals surface area contributed by atoms with Crippen LogP contribution in [0.4, 0.5) is 23.8 Å². The van der Waals surface area contributed by atoms with Gasteiger partial charge in [-0.15, -0.1) is 0 Å². The van der Waals surface area contributed by atoms with Crippen LogP contribution in [0.15, 0.2) is 30.6 Å².